The number of alkyl carbamates (subject to hydrolysis) is 1. The van der Waals surface area contributed by atoms with Crippen LogP contribution in [0.4, 0.5) is 4.79 Å². The van der Waals surface area contributed by atoms with Gasteiger partial charge in [-0.1, -0.05) is 339 Å². The maximum atomic E-state index is 13.5. The number of nitrogens with one attached hydrogen (secondary N) is 3. The molecule has 0 heterocycles. The minimum Gasteiger partial charge on any atom is -0.480 e. The van der Waals surface area contributed by atoms with E-state index in [0.717, 1.165) is 72.3 Å². The van der Waals surface area contributed by atoms with Crippen LogP contribution in [-0.4, -0.2) is 90.7 Å². The molecule has 12 rings (SSSR count). The molecule has 20 heteroatoms. The van der Waals surface area contributed by atoms with E-state index in [9.17, 15) is 33.6 Å². The minimum absolute atomic E-state index is 0.0856. The Balaban J connectivity index is 0.000000186. The van der Waals surface area contributed by atoms with Gasteiger partial charge in [0, 0.05) is 72.3 Å². The summed E-state index contributed by atoms with van der Waals surface area (Å²) < 4.78 is 23.8. The van der Waals surface area contributed by atoms with Crippen molar-refractivity contribution in [3.05, 3.63) is 378 Å². The van der Waals surface area contributed by atoms with Gasteiger partial charge in [0.15, 0.2) is 17.0 Å². The lowest BCUT2D eigenvalue weighted by molar-refractivity contribution is -0.152. The van der Waals surface area contributed by atoms with Crippen molar-refractivity contribution < 1.29 is 57.6 Å². The van der Waals surface area contributed by atoms with Crippen LogP contribution < -0.4 is 21.7 Å². The summed E-state index contributed by atoms with van der Waals surface area (Å²) in [5.74, 6) is -4.61. The number of aryl methyl sites for hydroxylation is 3. The second kappa shape index (κ2) is 42.3. The van der Waals surface area contributed by atoms with Crippen molar-refractivity contribution in [2.24, 2.45) is 17.6 Å². The Hall–Kier alpha value is -11.2. The van der Waals surface area contributed by atoms with Crippen LogP contribution in [0.5, 0.6) is 0 Å². The number of nitrogens with two attached hydrogens (primary N) is 1. The number of esters is 2. The van der Waals surface area contributed by atoms with E-state index in [1.807, 2.05) is 259 Å². The lowest BCUT2D eigenvalue weighted by Crippen LogP contribution is -2.47. The molecule has 0 saturated carbocycles. The van der Waals surface area contributed by atoms with Crippen LogP contribution in [0.25, 0.3) is 11.1 Å². The maximum absolute atomic E-state index is 13.5. The fourth-order valence-electron chi connectivity index (χ4n) is 14.1. The van der Waals surface area contributed by atoms with Crippen molar-refractivity contribution in [3.63, 3.8) is 0 Å². The van der Waals surface area contributed by atoms with E-state index in [1.165, 1.54) is 5.56 Å². The van der Waals surface area contributed by atoms with Gasteiger partial charge in [-0.2, -0.15) is 0 Å². The molecule has 118 heavy (non-hydrogen) atoms. The second-order valence-corrected chi connectivity index (χ2v) is 31.7. The van der Waals surface area contributed by atoms with Crippen LogP contribution in [0.15, 0.2) is 285 Å². The molecule has 3 amide bonds. The molecular formula is C98H100Cl4N4O12. The number of benzene rings is 11. The molecule has 16 nitrogen and oxygen atoms in total. The summed E-state index contributed by atoms with van der Waals surface area (Å²) >= 11 is 26.9. The summed E-state index contributed by atoms with van der Waals surface area (Å²) in [5, 5.41) is 18.0. The van der Waals surface area contributed by atoms with Crippen molar-refractivity contribution in [1.82, 2.24) is 16.0 Å². The van der Waals surface area contributed by atoms with Gasteiger partial charge in [-0.15, -0.1) is 11.6 Å². The van der Waals surface area contributed by atoms with Crippen molar-refractivity contribution in [1.29, 1.82) is 0 Å². The number of carboxylic acid groups (broad SMARTS) is 1. The SMILES string of the molecule is CC[C@H](NC(=O)C(C)C)C(=O)C[C@H](C(=O)NCC(=O)O)[C@@H](C)OC(C)(C)C.Cc1ccc(C(Cl)(c2ccccc2)c2ccccc2Cl)cc1.Cc1ccc(C(OC(=O)CN)(c2ccccc2)c2ccccc2Cl)cc1.Cc1ccc(C(OC(=O)CNC(=O)OCC2c3ccccc3-c3ccccc32)(c2ccccc2)c2ccccc2Cl)cc1. The number of amides is 3. The minimum atomic E-state index is -1.35. The highest BCUT2D eigenvalue weighted by molar-refractivity contribution is 6.35. The van der Waals surface area contributed by atoms with Gasteiger partial charge in [-0.25, -0.2) is 4.79 Å². The van der Waals surface area contributed by atoms with E-state index in [4.69, 9.17) is 76.2 Å². The number of ether oxygens (including phenoxy) is 4. The Morgan fingerprint density at radius 1 is 0.458 bits per heavy atom. The molecule has 6 atom stereocenters. The molecule has 0 spiro atoms. The Morgan fingerprint density at radius 2 is 0.831 bits per heavy atom. The zero-order valence-corrected chi connectivity index (χ0v) is 70.8. The number of halogens is 4. The molecule has 0 aromatic heterocycles. The van der Waals surface area contributed by atoms with Crippen molar-refractivity contribution in [2.45, 2.75) is 122 Å². The molecule has 0 bridgehead atoms. The summed E-state index contributed by atoms with van der Waals surface area (Å²) in [4.78, 5) is 85.7. The molecule has 0 fully saturated rings. The van der Waals surface area contributed by atoms with E-state index < -0.39 is 76.2 Å². The zero-order valence-electron chi connectivity index (χ0n) is 67.8. The van der Waals surface area contributed by atoms with E-state index in [-0.39, 0.29) is 49.6 Å². The third kappa shape index (κ3) is 22.9. The van der Waals surface area contributed by atoms with Crippen LogP contribution in [0.2, 0.25) is 15.1 Å². The maximum Gasteiger partial charge on any atom is 0.407 e. The normalized spacial score (nSPS) is 13.7. The highest BCUT2D eigenvalue weighted by atomic mass is 35.5. The summed E-state index contributed by atoms with van der Waals surface area (Å²) in [5.41, 5.74) is 17.7. The van der Waals surface area contributed by atoms with Crippen LogP contribution in [0.1, 0.15) is 145 Å². The van der Waals surface area contributed by atoms with Crippen molar-refractivity contribution in [3.8, 4) is 11.1 Å². The molecule has 0 aliphatic heterocycles. The number of fused-ring (bicyclic) bond motifs is 3. The predicted molar refractivity (Wildman–Crippen MR) is 468 cm³/mol. The Labute approximate surface area is 711 Å². The molecule has 1 aliphatic carbocycles. The number of carboxylic acids is 1. The largest absolute Gasteiger partial charge is 0.480 e. The molecule has 0 radical (unpaired) electrons. The fraction of sp³-hybridized carbons (Fsp3) is 0.255. The average Bonchev–Trinajstić information content (AvgIpc) is 1.06. The first-order chi connectivity index (χ1) is 56.4. The Morgan fingerprint density at radius 3 is 1.24 bits per heavy atom. The molecule has 6 N–H and O–H groups in total. The lowest BCUT2D eigenvalue weighted by Gasteiger charge is -2.36. The van der Waals surface area contributed by atoms with Gasteiger partial charge in [0.2, 0.25) is 11.8 Å². The van der Waals surface area contributed by atoms with Crippen molar-refractivity contribution in [2.75, 3.05) is 26.2 Å². The summed E-state index contributed by atoms with van der Waals surface area (Å²) in [6.07, 6.45) is -1.06. The van der Waals surface area contributed by atoms with Crippen LogP contribution >= 0.6 is 46.4 Å². The highest BCUT2D eigenvalue weighted by Gasteiger charge is 2.45. The standard InChI is InChI=1S/C37H30ClNO4.C22H20ClNO2.C20H16Cl2.C19H34N2O6/c1-25-19-21-27(22-20-25)37(26-11-3-2-4-12-26,33-17-9-10-18-34(33)38)43-35(40)23-39-36(41)42-24-32-30-15-7-5-13-28(30)29-14-6-8-16-31(29)32;1-16-11-13-18(14-12-16)22(26-21(25)15-24,17-7-3-2-4-8-17)19-9-5-6-10-20(19)23;1-15-11-13-17(14-12-15)20(22,16-7-3-2-4-8-16)18-9-5-6-10-19(18)21;1-8-14(21-17(25)11(2)3)15(22)9-13(12(4)27-19(5,6)7)18(26)20-10-16(23)24/h2-22,32H,23-24H2,1H3,(H,39,41);2-14H,15,24H2,1H3;2-14H,1H3;11-14H,8-10H2,1-7H3,(H,20,26)(H,21,25)(H,23,24)/t;;;12-,13+,14+/m...1/s1. The molecule has 3 unspecified atom stereocenters. The first kappa shape index (κ1) is 90.7. The number of hydrogen-bond donors (Lipinski definition) is 5. The van der Waals surface area contributed by atoms with Crippen LogP contribution in [0.3, 0.4) is 0 Å². The van der Waals surface area contributed by atoms with E-state index in [2.05, 4.69) is 71.4 Å². The number of hydrogen-bond acceptors (Lipinski definition) is 12. The summed E-state index contributed by atoms with van der Waals surface area (Å²) in [6.45, 7) is 17.5. The third-order valence-electron chi connectivity index (χ3n) is 20.0. The number of ketones is 1. The number of rotatable bonds is 27. The van der Waals surface area contributed by atoms with Gasteiger partial charge in [-0.05, 0) is 106 Å². The lowest BCUT2D eigenvalue weighted by atomic mass is 9.79. The first-order valence-electron chi connectivity index (χ1n) is 39.0. The topological polar surface area (TPSA) is 239 Å². The van der Waals surface area contributed by atoms with E-state index in [0.29, 0.717) is 32.6 Å². The molecular weight excluding hydrogens is 1570 g/mol. The number of alkyl halides is 1. The molecule has 612 valence electrons. The number of carbonyl (C=O) groups is 7. The van der Waals surface area contributed by atoms with Gasteiger partial charge in [0.25, 0.3) is 0 Å². The van der Waals surface area contributed by atoms with Gasteiger partial charge in [-0.3, -0.25) is 28.8 Å². The quantitative estimate of drug-likeness (QED) is 0.0140. The fourth-order valence-corrected chi connectivity index (χ4v) is 15.4. The van der Waals surface area contributed by atoms with Crippen LogP contribution in [0, 0.1) is 32.6 Å². The van der Waals surface area contributed by atoms with E-state index >= 15 is 0 Å². The van der Waals surface area contributed by atoms with Gasteiger partial charge in [0.1, 0.15) is 24.6 Å². The smallest absolute Gasteiger partial charge is 0.407 e. The second-order valence-electron chi connectivity index (χ2n) is 29.9. The first-order valence-corrected chi connectivity index (χ1v) is 40.5. The predicted octanol–water partition coefficient (Wildman–Crippen LogP) is 20.2. The summed E-state index contributed by atoms with van der Waals surface area (Å²) in [6, 6.07) is 91.1. The van der Waals surface area contributed by atoms with Gasteiger partial charge >= 0.3 is 24.0 Å². The Kier molecular flexibility index (Phi) is 32.5. The summed E-state index contributed by atoms with van der Waals surface area (Å²) in [7, 11) is 0. The Bertz CT molecular complexity index is 5160. The van der Waals surface area contributed by atoms with Crippen molar-refractivity contribution >= 4 is 88.0 Å². The number of aliphatic carboxylic acids is 1. The monoisotopic (exact) mass is 1660 g/mol. The third-order valence-corrected chi connectivity index (χ3v) is 21.6. The number of Topliss-reactive ketones (excluding diaryl/α,β-unsaturated/α-hetero) is 1. The van der Waals surface area contributed by atoms with Gasteiger partial charge < -0.3 is 45.7 Å². The average molecular weight is 1670 g/mol. The van der Waals surface area contributed by atoms with E-state index in [1.54, 1.807) is 39.8 Å². The molecule has 1 aliphatic rings. The molecule has 11 aromatic carbocycles. The number of carbonyl (C=O) groups excluding carboxylic acids is 6. The van der Waals surface area contributed by atoms with Crippen LogP contribution in [-0.2, 0) is 63.8 Å². The molecule has 0 saturated heterocycles. The highest BCUT2D eigenvalue weighted by Crippen LogP contribution is 2.49. The van der Waals surface area contributed by atoms with Gasteiger partial charge in [0.05, 0.1) is 30.2 Å². The zero-order chi connectivity index (χ0) is 85.3. The molecule has 11 aromatic rings.